The maximum atomic E-state index is 13.1. The van der Waals surface area contributed by atoms with Crippen molar-refractivity contribution in [3.8, 4) is 5.75 Å². The summed E-state index contributed by atoms with van der Waals surface area (Å²) in [4.78, 5) is 27.6. The van der Waals surface area contributed by atoms with Gasteiger partial charge in [0.05, 0.1) is 12.9 Å². The number of hydrogen-bond donors (Lipinski definition) is 1. The predicted octanol–water partition coefficient (Wildman–Crippen LogP) is 4.91. The van der Waals surface area contributed by atoms with E-state index in [9.17, 15) is 9.59 Å². The van der Waals surface area contributed by atoms with Crippen LogP contribution in [0.3, 0.4) is 0 Å². The molecule has 0 aliphatic heterocycles. The summed E-state index contributed by atoms with van der Waals surface area (Å²) in [6, 6.07) is 14.5. The lowest BCUT2D eigenvalue weighted by Crippen LogP contribution is -2.52. The Morgan fingerprint density at radius 2 is 1.87 bits per heavy atom. The molecule has 0 bridgehead atoms. The average Bonchev–Trinajstić information content (AvgIpc) is 2.71. The van der Waals surface area contributed by atoms with E-state index < -0.39 is 6.04 Å². The van der Waals surface area contributed by atoms with Crippen LogP contribution in [0.15, 0.2) is 48.5 Å². The molecular formula is C24H31ClN2O3S. The van der Waals surface area contributed by atoms with Crippen LogP contribution in [0.4, 0.5) is 0 Å². The largest absolute Gasteiger partial charge is 0.497 e. The molecule has 31 heavy (non-hydrogen) atoms. The summed E-state index contributed by atoms with van der Waals surface area (Å²) in [5.41, 5.74) is 1.51. The van der Waals surface area contributed by atoms with Crippen molar-refractivity contribution >= 4 is 35.2 Å². The molecule has 0 unspecified atom stereocenters. The molecule has 2 rings (SSSR count). The van der Waals surface area contributed by atoms with E-state index in [2.05, 4.69) is 5.32 Å². The minimum atomic E-state index is -0.612. The molecule has 0 aliphatic carbocycles. The van der Waals surface area contributed by atoms with Crippen LogP contribution < -0.4 is 10.1 Å². The van der Waals surface area contributed by atoms with Gasteiger partial charge in [-0.1, -0.05) is 41.9 Å². The predicted molar refractivity (Wildman–Crippen MR) is 129 cm³/mol. The smallest absolute Gasteiger partial charge is 0.242 e. The number of rotatable bonds is 9. The van der Waals surface area contributed by atoms with Gasteiger partial charge in [-0.25, -0.2) is 0 Å². The molecule has 168 valence electrons. The minimum Gasteiger partial charge on any atom is -0.497 e. The maximum Gasteiger partial charge on any atom is 0.242 e. The number of amides is 2. The number of carbonyl (C=O) groups is 2. The number of carbonyl (C=O) groups excluding carboxylic acids is 2. The number of ether oxygens (including phenoxy) is 1. The fourth-order valence-corrected chi connectivity index (χ4v) is 4.17. The van der Waals surface area contributed by atoms with E-state index in [0.717, 1.165) is 11.1 Å². The fraction of sp³-hybridized carbons (Fsp3) is 0.417. The van der Waals surface area contributed by atoms with Gasteiger partial charge in [0.2, 0.25) is 11.8 Å². The first kappa shape index (κ1) is 25.1. The lowest BCUT2D eigenvalue weighted by atomic mass is 10.1. The molecule has 0 heterocycles. The molecule has 0 radical (unpaired) electrons. The Morgan fingerprint density at radius 1 is 1.16 bits per heavy atom. The van der Waals surface area contributed by atoms with E-state index in [1.165, 1.54) is 11.8 Å². The Balaban J connectivity index is 2.13. The van der Waals surface area contributed by atoms with Gasteiger partial charge in [-0.05, 0) is 57.0 Å². The number of thioether (sulfide) groups is 1. The van der Waals surface area contributed by atoms with E-state index in [1.807, 2.05) is 69.3 Å². The van der Waals surface area contributed by atoms with Crippen LogP contribution in [-0.2, 0) is 21.9 Å². The summed E-state index contributed by atoms with van der Waals surface area (Å²) in [5, 5.41) is 3.66. The summed E-state index contributed by atoms with van der Waals surface area (Å²) in [6.07, 6.45) is 0. The van der Waals surface area contributed by atoms with Gasteiger partial charge in [0, 0.05) is 22.9 Å². The molecule has 1 N–H and O–H groups in total. The summed E-state index contributed by atoms with van der Waals surface area (Å²) in [5.74, 6) is 1.31. The number of nitrogens with one attached hydrogen (secondary N) is 1. The Hall–Kier alpha value is -2.18. The summed E-state index contributed by atoms with van der Waals surface area (Å²) in [7, 11) is 1.60. The standard InChI is InChI=1S/C24H31ClN2O3S/c1-17(23(29)26-24(2,3)4)27(14-18-9-8-11-20(13-18)30-5)22(28)16-31-15-19-10-6-7-12-21(19)25/h6-13,17H,14-16H2,1-5H3,(H,26,29)/t17-/m0/s1. The van der Waals surface area contributed by atoms with Crippen LogP contribution in [0, 0.1) is 0 Å². The SMILES string of the molecule is COc1cccc(CN(C(=O)CSCc2ccccc2Cl)[C@@H](C)C(=O)NC(C)(C)C)c1. The third-order valence-electron chi connectivity index (χ3n) is 4.59. The van der Waals surface area contributed by atoms with E-state index in [-0.39, 0.29) is 23.1 Å². The van der Waals surface area contributed by atoms with E-state index >= 15 is 0 Å². The third kappa shape index (κ3) is 8.11. The quantitative estimate of drug-likeness (QED) is 0.575. The Bertz CT molecular complexity index is 898. The first-order valence-corrected chi connectivity index (χ1v) is 11.7. The van der Waals surface area contributed by atoms with Crippen LogP contribution in [0.5, 0.6) is 5.75 Å². The molecule has 2 aromatic rings. The van der Waals surface area contributed by atoms with Crippen molar-refractivity contribution in [1.82, 2.24) is 10.2 Å². The van der Waals surface area contributed by atoms with Crippen molar-refractivity contribution in [2.24, 2.45) is 0 Å². The Morgan fingerprint density at radius 3 is 2.52 bits per heavy atom. The number of methoxy groups -OCH3 is 1. The molecule has 7 heteroatoms. The van der Waals surface area contributed by atoms with E-state index in [0.29, 0.717) is 23.1 Å². The third-order valence-corrected chi connectivity index (χ3v) is 5.93. The first-order valence-electron chi connectivity index (χ1n) is 10.2. The maximum absolute atomic E-state index is 13.1. The highest BCUT2D eigenvalue weighted by molar-refractivity contribution is 7.99. The molecule has 5 nitrogen and oxygen atoms in total. The molecule has 0 aliphatic rings. The van der Waals surface area contributed by atoms with Gasteiger partial charge in [-0.2, -0.15) is 0 Å². The molecule has 0 spiro atoms. The van der Waals surface area contributed by atoms with Gasteiger partial charge in [0.25, 0.3) is 0 Å². The van der Waals surface area contributed by atoms with Gasteiger partial charge in [-0.3, -0.25) is 9.59 Å². The summed E-state index contributed by atoms with van der Waals surface area (Å²) < 4.78 is 5.30. The van der Waals surface area contributed by atoms with Crippen LogP contribution in [0.1, 0.15) is 38.8 Å². The van der Waals surface area contributed by atoms with Crippen molar-refractivity contribution in [3.05, 3.63) is 64.7 Å². The second kappa shape index (κ2) is 11.4. The number of hydrogen-bond acceptors (Lipinski definition) is 4. The zero-order valence-electron chi connectivity index (χ0n) is 18.8. The zero-order valence-corrected chi connectivity index (χ0v) is 20.3. The average molecular weight is 463 g/mol. The summed E-state index contributed by atoms with van der Waals surface area (Å²) in [6.45, 7) is 7.85. The normalized spacial score (nSPS) is 12.2. The minimum absolute atomic E-state index is 0.101. The van der Waals surface area contributed by atoms with E-state index in [4.69, 9.17) is 16.3 Å². The molecule has 2 aromatic carbocycles. The van der Waals surface area contributed by atoms with Gasteiger partial charge in [-0.15, -0.1) is 11.8 Å². The van der Waals surface area contributed by atoms with Crippen molar-refractivity contribution < 1.29 is 14.3 Å². The van der Waals surface area contributed by atoms with Crippen molar-refractivity contribution in [2.75, 3.05) is 12.9 Å². The number of benzene rings is 2. The van der Waals surface area contributed by atoms with Crippen molar-refractivity contribution in [2.45, 2.75) is 51.6 Å². The van der Waals surface area contributed by atoms with Crippen LogP contribution in [0.2, 0.25) is 5.02 Å². The Labute approximate surface area is 194 Å². The van der Waals surface area contributed by atoms with Crippen molar-refractivity contribution in [1.29, 1.82) is 0 Å². The highest BCUT2D eigenvalue weighted by Crippen LogP contribution is 2.22. The second-order valence-corrected chi connectivity index (χ2v) is 9.77. The van der Waals surface area contributed by atoms with Gasteiger partial charge in [0.15, 0.2) is 0 Å². The fourth-order valence-electron chi connectivity index (χ4n) is 2.97. The van der Waals surface area contributed by atoms with E-state index in [1.54, 1.807) is 18.9 Å². The molecule has 0 aromatic heterocycles. The summed E-state index contributed by atoms with van der Waals surface area (Å²) >= 11 is 7.70. The molecular weight excluding hydrogens is 432 g/mol. The first-order chi connectivity index (χ1) is 14.6. The highest BCUT2D eigenvalue weighted by atomic mass is 35.5. The van der Waals surface area contributed by atoms with Crippen molar-refractivity contribution in [3.63, 3.8) is 0 Å². The number of nitrogens with zero attached hydrogens (tertiary/aromatic N) is 1. The van der Waals surface area contributed by atoms with Crippen LogP contribution >= 0.6 is 23.4 Å². The monoisotopic (exact) mass is 462 g/mol. The van der Waals surface area contributed by atoms with Crippen LogP contribution in [0.25, 0.3) is 0 Å². The lowest BCUT2D eigenvalue weighted by Gasteiger charge is -2.31. The zero-order chi connectivity index (χ0) is 23.0. The second-order valence-electron chi connectivity index (χ2n) is 8.37. The topological polar surface area (TPSA) is 58.6 Å². The van der Waals surface area contributed by atoms with Gasteiger partial charge >= 0.3 is 0 Å². The number of halogens is 1. The lowest BCUT2D eigenvalue weighted by molar-refractivity contribution is -0.139. The van der Waals surface area contributed by atoms with Crippen LogP contribution in [-0.4, -0.2) is 41.2 Å². The molecule has 2 amide bonds. The highest BCUT2D eigenvalue weighted by Gasteiger charge is 2.28. The molecule has 1 atom stereocenters. The molecule has 0 saturated heterocycles. The van der Waals surface area contributed by atoms with Gasteiger partial charge < -0.3 is 15.0 Å². The molecule has 0 fully saturated rings. The Kier molecular flexibility index (Phi) is 9.26. The van der Waals surface area contributed by atoms with Gasteiger partial charge in [0.1, 0.15) is 11.8 Å². The molecule has 0 saturated carbocycles.